The van der Waals surface area contributed by atoms with Gasteiger partial charge in [-0.2, -0.15) is 0 Å². The van der Waals surface area contributed by atoms with Crippen LogP contribution in [-0.2, 0) is 48.7 Å². The summed E-state index contributed by atoms with van der Waals surface area (Å²) in [5.41, 5.74) is 19.9. The summed E-state index contributed by atoms with van der Waals surface area (Å²) in [6.07, 6.45) is 4.82. The topological polar surface area (TPSA) is 290 Å². The number of piperidine rings is 1. The summed E-state index contributed by atoms with van der Waals surface area (Å²) in [7, 11) is 12.4. The monoisotopic (exact) mass is 1790 g/mol. The predicted octanol–water partition coefficient (Wildman–Crippen LogP) is 16.3. The number of likely N-dealkylation sites (N-methyl/N-ethyl adjacent to an activating group) is 2. The molecule has 0 radical (unpaired) electrons. The zero-order valence-corrected chi connectivity index (χ0v) is 81.8. The van der Waals surface area contributed by atoms with Crippen LogP contribution in [0.1, 0.15) is 172 Å². The molecule has 698 valence electrons. The highest BCUT2D eigenvalue weighted by molar-refractivity contribution is 6.75. The number of nitrogens with two attached hydrogens (primary N) is 1. The van der Waals surface area contributed by atoms with Crippen LogP contribution < -0.4 is 54.3 Å². The van der Waals surface area contributed by atoms with E-state index in [1.807, 2.05) is 59.1 Å². The second-order valence-electron chi connectivity index (χ2n) is 36.4. The van der Waals surface area contributed by atoms with E-state index in [4.69, 9.17) is 79.8 Å². The third-order valence-electron chi connectivity index (χ3n) is 28.4. The van der Waals surface area contributed by atoms with Crippen LogP contribution >= 0.6 is 0 Å². The molecule has 3 fully saturated rings. The number of carbonyl (C=O) groups is 1. The highest BCUT2D eigenvalue weighted by Crippen LogP contribution is 2.56. The van der Waals surface area contributed by atoms with Crippen molar-refractivity contribution in [1.29, 1.82) is 0 Å². The quantitative estimate of drug-likeness (QED) is 0.0149. The van der Waals surface area contributed by atoms with E-state index in [1.54, 1.807) is 47.5 Å². The van der Waals surface area contributed by atoms with E-state index in [9.17, 15) is 25.2 Å². The van der Waals surface area contributed by atoms with Crippen molar-refractivity contribution >= 4 is 22.7 Å². The second kappa shape index (κ2) is 44.7. The molecular formula is C98H145N9O18Si2. The number of aromatic hydroxyl groups is 4. The average Bonchev–Trinajstić information content (AvgIpc) is 1.50. The standard InChI is InChI=1S/C54H72N4O10Si.C39H62N4O8Si.C5H11N/c1-31(2)69(13,32(3)4)68-24-22-36-29-58(23-25-66-36)53(55-7)44-28-41-46(48(60)52(65-12)34(6)50(41)63-10)47(57(44)8)43(26-35-27-45(59)51(64-11)33(5)49(35)62-9)56-54(61)67-30-42-39-20-16-14-18-37(39)38-19-15-17-21-40(38)42;1-22(2)52(13,23(3)4)51-16-14-27-21-43(15-17-50-27)39(41-7)30-20-28-32(34(45)38(49-12)25(6)36(28)47-10)33(42(30)8)29(40)18-26-19-31(44)37(48-11)24(5)35(26)46-9;1-2-4-6-5-3-1/h14-21,27,31-32,36,42-44,47,53,59-60H,22-26,28-30H2,1-6,8-13H3,(H,56,61);19,22-23,27,29-30,33,39,44-45H,14-18,20-21,40H2,1-6,8-13H3;6H,1-5H2/t36-,43?,44?,47?,53?;27-,29?,30?,33?,39?;/m00./s1. The number of benzene rings is 6. The molecule has 8 N–H and O–H groups in total. The van der Waals surface area contributed by atoms with Gasteiger partial charge >= 0.3 is 6.09 Å². The molecule has 29 heteroatoms. The van der Waals surface area contributed by atoms with Crippen molar-refractivity contribution in [3.05, 3.63) is 150 Å². The van der Waals surface area contributed by atoms with Crippen molar-refractivity contribution in [3.63, 3.8) is 0 Å². The van der Waals surface area contributed by atoms with E-state index in [0.29, 0.717) is 179 Å². The molecule has 3 saturated heterocycles. The Morgan fingerprint density at radius 3 is 1.29 bits per heavy atom. The Hall–Kier alpha value is -8.80. The van der Waals surface area contributed by atoms with Gasteiger partial charge in [-0.3, -0.25) is 19.5 Å². The van der Waals surface area contributed by atoms with Gasteiger partial charge < -0.3 is 97.8 Å². The number of phenols is 4. The number of carbonyl (C=O) groups excluding carboxylic acids is 1. The Balaban J connectivity index is 0.000000257. The van der Waals surface area contributed by atoms with Gasteiger partial charge in [-0.05, 0) is 169 Å². The third kappa shape index (κ3) is 21.3. The molecule has 5 heterocycles. The molecule has 1 aliphatic carbocycles. The summed E-state index contributed by atoms with van der Waals surface area (Å²) in [6.45, 7) is 54.4. The number of hydrogen-bond donors (Lipinski definition) is 7. The fourth-order valence-electron chi connectivity index (χ4n) is 20.5. The Kier molecular flexibility index (Phi) is 35.3. The van der Waals surface area contributed by atoms with Crippen LogP contribution in [0.25, 0.3) is 20.8 Å². The zero-order valence-electron chi connectivity index (χ0n) is 79.8. The number of nitrogens with zero attached hydrogens (tertiary/aromatic N) is 6. The van der Waals surface area contributed by atoms with E-state index < -0.39 is 65.3 Å². The van der Waals surface area contributed by atoms with E-state index in [1.165, 1.54) is 60.8 Å². The molecule has 6 aliphatic rings. The zero-order chi connectivity index (χ0) is 92.8. The molecule has 127 heavy (non-hydrogen) atoms. The number of amides is 1. The van der Waals surface area contributed by atoms with Crippen LogP contribution in [-0.4, -0.2) is 255 Å². The number of alkyl carbamates (subject to hydrolysis) is 1. The van der Waals surface area contributed by atoms with Crippen LogP contribution in [0.5, 0.6) is 69.0 Å². The van der Waals surface area contributed by atoms with Crippen molar-refractivity contribution in [2.24, 2.45) is 5.73 Å². The molecule has 0 spiro atoms. The van der Waals surface area contributed by atoms with Gasteiger partial charge in [0.25, 0.3) is 12.3 Å². The van der Waals surface area contributed by atoms with Crippen LogP contribution in [0.2, 0.25) is 35.3 Å². The van der Waals surface area contributed by atoms with Crippen molar-refractivity contribution in [3.8, 4) is 80.1 Å². The third-order valence-corrected chi connectivity index (χ3v) is 39.2. The molecule has 27 nitrogen and oxygen atoms in total. The van der Waals surface area contributed by atoms with Gasteiger partial charge in [0, 0.05) is 114 Å². The van der Waals surface area contributed by atoms with Crippen molar-refractivity contribution < 1.29 is 86.2 Å². The summed E-state index contributed by atoms with van der Waals surface area (Å²) in [5, 5.41) is 52.9. The second-order valence-corrected chi connectivity index (χ2v) is 46.3. The highest BCUT2D eigenvalue weighted by atomic mass is 28.4. The van der Waals surface area contributed by atoms with Gasteiger partial charge in [-0.25, -0.2) is 27.7 Å². The maximum Gasteiger partial charge on any atom is 0.407 e. The summed E-state index contributed by atoms with van der Waals surface area (Å²) in [5.74, 6) is 2.96. The number of rotatable bonds is 33. The average molecular weight is 1790 g/mol. The van der Waals surface area contributed by atoms with Crippen molar-refractivity contribution in [1.82, 2.24) is 30.2 Å². The lowest BCUT2D eigenvalue weighted by Gasteiger charge is -2.47. The molecule has 6 aromatic rings. The van der Waals surface area contributed by atoms with E-state index in [2.05, 4.69) is 133 Å². The van der Waals surface area contributed by atoms with Gasteiger partial charge in [0.1, 0.15) is 41.7 Å². The van der Waals surface area contributed by atoms with Crippen molar-refractivity contribution in [2.75, 3.05) is 143 Å². The van der Waals surface area contributed by atoms with E-state index >= 15 is 0 Å². The summed E-state index contributed by atoms with van der Waals surface area (Å²) < 4.78 is 78.7. The normalized spacial score (nSPS) is 20.2. The molecule has 12 rings (SSSR count). The lowest BCUT2D eigenvalue weighted by atomic mass is 9.79. The maximum atomic E-state index is 14.6. The molecular weight excluding hydrogens is 1650 g/mol. The largest absolute Gasteiger partial charge is 0.504 e. The Morgan fingerprint density at radius 1 is 0.543 bits per heavy atom. The maximum absolute atomic E-state index is 14.6. The minimum absolute atomic E-state index is 0.00594. The molecule has 5 aliphatic heterocycles. The first-order chi connectivity index (χ1) is 60.6. The first-order valence-electron chi connectivity index (χ1n) is 45.2. The molecule has 0 aromatic heterocycles. The number of phenolic OH excluding ortho intramolecular Hbond substituents is 4. The first-order valence-corrected chi connectivity index (χ1v) is 50.3. The molecule has 0 bridgehead atoms. The SMILES string of the molecule is C1CCNCC1.[C-]#[N+]C(C1Cc2c(OC)c(C)c(OC)c(O)c2C(C(Cc2cc(O)c(OC)c(C)c2OC)NC(=O)OCC2c3ccccc3-c3ccccc32)N1C)N1CCO[C@@H](CCO[Si](C)(C(C)C)C(C)C)C1.[C-]#[N+]C(C1Cc2c(OC)c(C)c(OC)c(O)c2C(C(N)Cc2cc(O)c(OC)c(C)c2OC)N1C)N1CCO[C@@H](CCO[Si](C)(C(C)C)C(C)C)C1. The summed E-state index contributed by atoms with van der Waals surface area (Å²) in [6, 6.07) is 15.9. The minimum atomic E-state index is -1.98. The number of morpholine rings is 2. The fraction of sp³-hybridized carbons (Fsp3) is 0.602. The van der Waals surface area contributed by atoms with Crippen LogP contribution in [0.15, 0.2) is 60.7 Å². The Morgan fingerprint density at radius 2 is 0.921 bits per heavy atom. The summed E-state index contributed by atoms with van der Waals surface area (Å²) >= 11 is 0. The van der Waals surface area contributed by atoms with Crippen LogP contribution in [0, 0.1) is 40.8 Å². The van der Waals surface area contributed by atoms with Gasteiger partial charge in [-0.1, -0.05) is 110 Å². The van der Waals surface area contributed by atoms with Gasteiger partial charge in [0.2, 0.25) is 0 Å². The van der Waals surface area contributed by atoms with Crippen LogP contribution in [0.3, 0.4) is 0 Å². The molecule has 6 aromatic carbocycles. The number of methoxy groups -OCH3 is 8. The number of hydrogen-bond acceptors (Lipinski definition) is 24. The Labute approximate surface area is 757 Å². The van der Waals surface area contributed by atoms with Gasteiger partial charge in [0.15, 0.2) is 62.6 Å². The summed E-state index contributed by atoms with van der Waals surface area (Å²) in [4.78, 5) is 31.9. The molecule has 10 atom stereocenters. The smallest absolute Gasteiger partial charge is 0.407 e. The van der Waals surface area contributed by atoms with E-state index in [-0.39, 0.29) is 78.1 Å². The minimum Gasteiger partial charge on any atom is -0.504 e. The predicted molar refractivity (Wildman–Crippen MR) is 502 cm³/mol. The molecule has 8 unspecified atom stereocenters. The number of nitrogens with one attached hydrogen (secondary N) is 2. The van der Waals surface area contributed by atoms with Gasteiger partial charge in [-0.15, -0.1) is 0 Å². The van der Waals surface area contributed by atoms with Crippen LogP contribution in [0.4, 0.5) is 4.79 Å². The lowest BCUT2D eigenvalue weighted by molar-refractivity contribution is -0.0597. The van der Waals surface area contributed by atoms with Gasteiger partial charge in [0.05, 0.1) is 100 Å². The lowest BCUT2D eigenvalue weighted by Crippen LogP contribution is -2.60. The first kappa shape index (κ1) is 100. The molecule has 1 amide bonds. The molecule has 0 saturated carbocycles. The number of fused-ring (bicyclic) bond motifs is 5. The van der Waals surface area contributed by atoms with E-state index in [0.717, 1.165) is 34.2 Å². The fourth-order valence-corrected chi connectivity index (χ4v) is 25.6. The Bertz CT molecular complexity index is 4730. The highest BCUT2D eigenvalue weighted by Gasteiger charge is 2.52. The number of ether oxygens (including phenoxy) is 11. The van der Waals surface area contributed by atoms with Crippen molar-refractivity contribution in [2.45, 2.75) is 243 Å².